The van der Waals surface area contributed by atoms with Gasteiger partial charge in [0.2, 0.25) is 17.7 Å². The Morgan fingerprint density at radius 2 is 1.74 bits per heavy atom. The lowest BCUT2D eigenvalue weighted by Crippen LogP contribution is -2.44. The minimum absolute atomic E-state index is 0.0263. The summed E-state index contributed by atoms with van der Waals surface area (Å²) in [6.07, 6.45) is 2.36. The van der Waals surface area contributed by atoms with Gasteiger partial charge in [-0.05, 0) is 49.3 Å². The molecule has 0 aromatic heterocycles. The number of likely N-dealkylation sites (tertiary alicyclic amines) is 1. The van der Waals surface area contributed by atoms with Crippen molar-refractivity contribution in [3.05, 3.63) is 71.3 Å². The van der Waals surface area contributed by atoms with Crippen LogP contribution in [0.1, 0.15) is 49.3 Å². The van der Waals surface area contributed by atoms with Crippen molar-refractivity contribution in [2.45, 2.75) is 51.5 Å². The molecule has 0 bridgehead atoms. The first-order valence-corrected chi connectivity index (χ1v) is 11.2. The standard InChI is InChI=1S/C26H30N2O3/c1-3-28-24(30)16-26(25(28)31,22-12-8-7-9-19(22)2)15-23(29)27(18-21-13-14-21)17-20-10-5-4-6-11-20/h4-12,21H,3,13-18H2,1-2H3/t26-/m0/s1. The predicted octanol–water partition coefficient (Wildman–Crippen LogP) is 3.84. The first-order chi connectivity index (χ1) is 14.9. The molecule has 2 fully saturated rings. The van der Waals surface area contributed by atoms with Gasteiger partial charge in [-0.15, -0.1) is 0 Å². The number of aryl methyl sites for hydroxylation is 1. The van der Waals surface area contributed by atoms with Crippen molar-refractivity contribution < 1.29 is 14.4 Å². The number of benzene rings is 2. The van der Waals surface area contributed by atoms with Crippen LogP contribution in [0.2, 0.25) is 0 Å². The van der Waals surface area contributed by atoms with Crippen LogP contribution in [0.25, 0.3) is 0 Å². The molecule has 5 nitrogen and oxygen atoms in total. The Balaban J connectivity index is 1.67. The molecule has 1 heterocycles. The average Bonchev–Trinajstić information content (AvgIpc) is 3.54. The molecule has 1 aliphatic heterocycles. The van der Waals surface area contributed by atoms with Crippen LogP contribution in [0.15, 0.2) is 54.6 Å². The maximum absolute atomic E-state index is 13.6. The van der Waals surface area contributed by atoms with Gasteiger partial charge in [0, 0.05) is 32.5 Å². The summed E-state index contributed by atoms with van der Waals surface area (Å²) in [5.41, 5.74) is 1.69. The Labute approximate surface area is 184 Å². The highest BCUT2D eigenvalue weighted by Crippen LogP contribution is 2.42. The number of carbonyl (C=O) groups excluding carboxylic acids is 3. The van der Waals surface area contributed by atoms with Crippen molar-refractivity contribution in [3.63, 3.8) is 0 Å². The minimum Gasteiger partial charge on any atom is -0.338 e. The van der Waals surface area contributed by atoms with Crippen molar-refractivity contribution in [1.29, 1.82) is 0 Å². The van der Waals surface area contributed by atoms with E-state index in [0.29, 0.717) is 25.6 Å². The van der Waals surface area contributed by atoms with E-state index < -0.39 is 5.41 Å². The van der Waals surface area contributed by atoms with E-state index in [1.54, 1.807) is 6.92 Å². The summed E-state index contributed by atoms with van der Waals surface area (Å²) in [5, 5.41) is 0. The van der Waals surface area contributed by atoms with Crippen molar-refractivity contribution in [2.24, 2.45) is 5.92 Å². The van der Waals surface area contributed by atoms with Crippen LogP contribution in [0.5, 0.6) is 0 Å². The Morgan fingerprint density at radius 1 is 1.06 bits per heavy atom. The average molecular weight is 419 g/mol. The third-order valence-corrected chi connectivity index (χ3v) is 6.58. The lowest BCUT2D eigenvalue weighted by atomic mass is 9.74. The number of amides is 3. The third-order valence-electron chi connectivity index (χ3n) is 6.58. The van der Waals surface area contributed by atoms with E-state index in [9.17, 15) is 14.4 Å². The van der Waals surface area contributed by atoms with Crippen LogP contribution in [0.4, 0.5) is 0 Å². The second-order valence-corrected chi connectivity index (χ2v) is 8.90. The summed E-state index contributed by atoms with van der Waals surface area (Å²) in [5.74, 6) is 0.0438. The molecule has 2 aromatic rings. The Bertz CT molecular complexity index is 983. The summed E-state index contributed by atoms with van der Waals surface area (Å²) >= 11 is 0. The van der Waals surface area contributed by atoms with E-state index in [0.717, 1.165) is 29.5 Å². The lowest BCUT2D eigenvalue weighted by molar-refractivity contribution is -0.142. The molecule has 162 valence electrons. The van der Waals surface area contributed by atoms with Gasteiger partial charge in [-0.3, -0.25) is 19.3 Å². The minimum atomic E-state index is -1.12. The van der Waals surface area contributed by atoms with Crippen LogP contribution in [0.3, 0.4) is 0 Å². The summed E-state index contributed by atoms with van der Waals surface area (Å²) in [4.78, 5) is 43.1. The highest BCUT2D eigenvalue weighted by molar-refractivity contribution is 6.10. The van der Waals surface area contributed by atoms with Gasteiger partial charge in [0.05, 0.1) is 5.41 Å². The fraction of sp³-hybridized carbons (Fsp3) is 0.423. The van der Waals surface area contributed by atoms with E-state index >= 15 is 0 Å². The van der Waals surface area contributed by atoms with Gasteiger partial charge >= 0.3 is 0 Å². The number of likely N-dealkylation sites (N-methyl/N-ethyl adjacent to an activating group) is 1. The van der Waals surface area contributed by atoms with Crippen molar-refractivity contribution in [2.75, 3.05) is 13.1 Å². The summed E-state index contributed by atoms with van der Waals surface area (Å²) in [6.45, 7) is 5.31. The fourth-order valence-corrected chi connectivity index (χ4v) is 4.71. The fourth-order valence-electron chi connectivity index (χ4n) is 4.71. The van der Waals surface area contributed by atoms with Gasteiger partial charge in [-0.1, -0.05) is 54.6 Å². The Kier molecular flexibility index (Phi) is 5.94. The Hall–Kier alpha value is -2.95. The van der Waals surface area contributed by atoms with Gasteiger partial charge in [-0.2, -0.15) is 0 Å². The number of rotatable bonds is 8. The molecule has 4 rings (SSSR count). The Morgan fingerprint density at radius 3 is 2.35 bits per heavy atom. The van der Waals surface area contributed by atoms with Crippen molar-refractivity contribution >= 4 is 17.7 Å². The van der Waals surface area contributed by atoms with Crippen LogP contribution < -0.4 is 0 Å². The van der Waals surface area contributed by atoms with Gasteiger partial charge < -0.3 is 4.90 Å². The summed E-state index contributed by atoms with van der Waals surface area (Å²) in [6, 6.07) is 17.6. The topological polar surface area (TPSA) is 57.7 Å². The van der Waals surface area contributed by atoms with Gasteiger partial charge in [0.25, 0.3) is 0 Å². The van der Waals surface area contributed by atoms with E-state index in [-0.39, 0.29) is 30.6 Å². The molecule has 2 aromatic carbocycles. The second-order valence-electron chi connectivity index (χ2n) is 8.90. The molecule has 0 radical (unpaired) electrons. The van der Waals surface area contributed by atoms with Gasteiger partial charge in [0.1, 0.15) is 0 Å². The van der Waals surface area contributed by atoms with E-state index in [2.05, 4.69) is 0 Å². The molecular formula is C26H30N2O3. The zero-order chi connectivity index (χ0) is 22.0. The number of imide groups is 1. The summed E-state index contributed by atoms with van der Waals surface area (Å²) in [7, 11) is 0. The second kappa shape index (κ2) is 8.66. The maximum atomic E-state index is 13.6. The van der Waals surface area contributed by atoms with Crippen LogP contribution in [-0.4, -0.2) is 40.6 Å². The van der Waals surface area contributed by atoms with Gasteiger partial charge in [-0.25, -0.2) is 0 Å². The number of hydrogen-bond donors (Lipinski definition) is 0. The number of carbonyl (C=O) groups is 3. The molecule has 0 unspecified atom stereocenters. The van der Waals surface area contributed by atoms with E-state index in [4.69, 9.17) is 0 Å². The van der Waals surface area contributed by atoms with Crippen LogP contribution >= 0.6 is 0 Å². The third kappa shape index (κ3) is 4.27. The maximum Gasteiger partial charge on any atom is 0.240 e. The lowest BCUT2D eigenvalue weighted by Gasteiger charge is -2.31. The van der Waals surface area contributed by atoms with Gasteiger partial charge in [0.15, 0.2) is 0 Å². The smallest absolute Gasteiger partial charge is 0.240 e. The molecule has 0 N–H and O–H groups in total. The highest BCUT2D eigenvalue weighted by atomic mass is 16.2. The predicted molar refractivity (Wildman–Crippen MR) is 119 cm³/mol. The van der Waals surface area contributed by atoms with Crippen molar-refractivity contribution in [3.8, 4) is 0 Å². The SMILES string of the molecule is CCN1C(=O)C[C@@](CC(=O)N(Cc2ccccc2)CC2CC2)(c2ccccc2C)C1=O. The molecule has 1 saturated carbocycles. The van der Waals surface area contributed by atoms with E-state index in [1.807, 2.05) is 66.4 Å². The molecule has 2 aliphatic rings. The molecule has 0 spiro atoms. The zero-order valence-electron chi connectivity index (χ0n) is 18.3. The zero-order valence-corrected chi connectivity index (χ0v) is 18.3. The van der Waals surface area contributed by atoms with E-state index in [1.165, 1.54) is 4.90 Å². The van der Waals surface area contributed by atoms with Crippen molar-refractivity contribution in [1.82, 2.24) is 9.80 Å². The molecule has 31 heavy (non-hydrogen) atoms. The largest absolute Gasteiger partial charge is 0.338 e. The molecule has 1 saturated heterocycles. The normalized spacial score (nSPS) is 20.9. The molecule has 3 amide bonds. The molecule has 5 heteroatoms. The molecule has 1 aliphatic carbocycles. The molecular weight excluding hydrogens is 388 g/mol. The number of hydrogen-bond acceptors (Lipinski definition) is 3. The molecule has 1 atom stereocenters. The van der Waals surface area contributed by atoms with Crippen LogP contribution in [0, 0.1) is 12.8 Å². The first kappa shape index (κ1) is 21.3. The monoisotopic (exact) mass is 418 g/mol. The summed E-state index contributed by atoms with van der Waals surface area (Å²) < 4.78 is 0. The number of nitrogens with zero attached hydrogens (tertiary/aromatic N) is 2. The first-order valence-electron chi connectivity index (χ1n) is 11.2. The quantitative estimate of drug-likeness (QED) is 0.612. The highest BCUT2D eigenvalue weighted by Gasteiger charge is 2.54. The van der Waals surface area contributed by atoms with Crippen LogP contribution in [-0.2, 0) is 26.3 Å².